The summed E-state index contributed by atoms with van der Waals surface area (Å²) >= 11 is 3.68. The minimum atomic E-state index is 0.495. The first kappa shape index (κ1) is 19.7. The van der Waals surface area contributed by atoms with E-state index in [4.69, 9.17) is 9.72 Å². The van der Waals surface area contributed by atoms with Crippen LogP contribution in [0, 0.1) is 0 Å². The van der Waals surface area contributed by atoms with Crippen LogP contribution in [0.2, 0.25) is 0 Å². The minimum absolute atomic E-state index is 0.495. The monoisotopic (exact) mass is 493 g/mol. The van der Waals surface area contributed by atoms with Gasteiger partial charge >= 0.3 is 0 Å². The van der Waals surface area contributed by atoms with Crippen LogP contribution >= 0.6 is 15.9 Å². The number of ether oxygens (including phenoxy) is 1. The van der Waals surface area contributed by atoms with Gasteiger partial charge in [0.2, 0.25) is 11.5 Å². The van der Waals surface area contributed by atoms with Crippen molar-refractivity contribution in [2.45, 2.75) is 38.1 Å². The van der Waals surface area contributed by atoms with Crippen molar-refractivity contribution in [1.82, 2.24) is 24.8 Å². The van der Waals surface area contributed by atoms with Gasteiger partial charge in [0, 0.05) is 22.9 Å². The number of fused-ring (bicyclic) bond motifs is 4. The van der Waals surface area contributed by atoms with Crippen LogP contribution in [0.3, 0.4) is 0 Å². The molecule has 0 saturated heterocycles. The van der Waals surface area contributed by atoms with E-state index in [0.717, 1.165) is 44.7 Å². The lowest BCUT2D eigenvalue weighted by atomic mass is 9.95. The smallest absolute Gasteiger partial charge is 0.222 e. The molecule has 0 unspecified atom stereocenters. The number of anilines is 2. The summed E-state index contributed by atoms with van der Waals surface area (Å²) < 4.78 is 8.65. The molecule has 1 aliphatic carbocycles. The summed E-state index contributed by atoms with van der Waals surface area (Å²) in [6.45, 7) is 1.44. The largest absolute Gasteiger partial charge is 0.486 e. The van der Waals surface area contributed by atoms with Gasteiger partial charge in [-0.1, -0.05) is 35.2 Å². The van der Waals surface area contributed by atoms with Gasteiger partial charge in [-0.2, -0.15) is 9.61 Å². The van der Waals surface area contributed by atoms with Crippen molar-refractivity contribution in [3.8, 4) is 17.3 Å². The Balaban J connectivity index is 1.45. The van der Waals surface area contributed by atoms with Crippen molar-refractivity contribution in [1.29, 1.82) is 0 Å². The predicted octanol–water partition coefficient (Wildman–Crippen LogP) is 4.68. The Kier molecular flexibility index (Phi) is 4.86. The summed E-state index contributed by atoms with van der Waals surface area (Å²) in [5.41, 5.74) is 4.25. The summed E-state index contributed by atoms with van der Waals surface area (Å²) in [6, 6.07) is 8.75. The number of halogens is 1. The third-order valence-electron chi connectivity index (χ3n) is 6.45. The summed E-state index contributed by atoms with van der Waals surface area (Å²) in [6.07, 6.45) is 8.11. The number of aromatic nitrogens is 5. The molecule has 1 saturated carbocycles. The molecule has 0 bridgehead atoms. The molecule has 1 N–H and O–H groups in total. The fraction of sp³-hybridized carbons (Fsp3) is 0.391. The van der Waals surface area contributed by atoms with Crippen LogP contribution in [0.25, 0.3) is 28.1 Å². The molecule has 2 aliphatic rings. The number of hydrogen-bond acceptors (Lipinski definition) is 7. The maximum atomic E-state index is 5.90. The van der Waals surface area contributed by atoms with Gasteiger partial charge < -0.3 is 15.0 Å². The number of benzene rings is 1. The molecule has 4 aromatic rings. The van der Waals surface area contributed by atoms with E-state index >= 15 is 0 Å². The van der Waals surface area contributed by atoms with Crippen LogP contribution in [-0.4, -0.2) is 51.0 Å². The van der Waals surface area contributed by atoms with E-state index in [1.165, 1.54) is 32.1 Å². The van der Waals surface area contributed by atoms with Gasteiger partial charge in [-0.05, 0) is 37.1 Å². The highest BCUT2D eigenvalue weighted by Gasteiger charge is 2.23. The van der Waals surface area contributed by atoms with Crippen LogP contribution in [0.15, 0.2) is 34.9 Å². The fourth-order valence-corrected chi connectivity index (χ4v) is 5.13. The molecular formula is C23H24BrN7O. The Morgan fingerprint density at radius 2 is 1.97 bits per heavy atom. The molecular weight excluding hydrogens is 470 g/mol. The van der Waals surface area contributed by atoms with Crippen molar-refractivity contribution >= 4 is 43.9 Å². The molecule has 0 amide bonds. The lowest BCUT2D eigenvalue weighted by molar-refractivity contribution is 0.312. The average Bonchev–Trinajstić information content (AvgIpc) is 3.26. The molecule has 1 aliphatic heterocycles. The Hall–Kier alpha value is -2.94. The first-order chi connectivity index (χ1) is 15.7. The van der Waals surface area contributed by atoms with Gasteiger partial charge in [-0.25, -0.2) is 4.98 Å². The zero-order valence-electron chi connectivity index (χ0n) is 17.9. The third-order valence-corrected chi connectivity index (χ3v) is 7.15. The predicted molar refractivity (Wildman–Crippen MR) is 128 cm³/mol. The second-order valence-corrected chi connectivity index (χ2v) is 9.41. The number of hydrogen-bond donors (Lipinski definition) is 1. The van der Waals surface area contributed by atoms with Crippen LogP contribution in [0.4, 0.5) is 11.4 Å². The summed E-state index contributed by atoms with van der Waals surface area (Å²) in [5.74, 6) is 1.32. The number of likely N-dealkylation sites (N-methyl/N-ethyl adjacent to an activating group) is 1. The van der Waals surface area contributed by atoms with Gasteiger partial charge in [0.1, 0.15) is 18.0 Å². The Bertz CT molecular complexity index is 1310. The highest BCUT2D eigenvalue weighted by Crippen LogP contribution is 2.36. The number of pyridine rings is 1. The third kappa shape index (κ3) is 3.26. The van der Waals surface area contributed by atoms with Crippen LogP contribution < -0.4 is 15.0 Å². The van der Waals surface area contributed by atoms with Gasteiger partial charge in [0.25, 0.3) is 0 Å². The quantitative estimate of drug-likeness (QED) is 0.443. The molecule has 1 fully saturated rings. The van der Waals surface area contributed by atoms with Crippen LogP contribution in [-0.2, 0) is 0 Å². The summed E-state index contributed by atoms with van der Waals surface area (Å²) in [5, 5.41) is 18.2. The molecule has 9 heteroatoms. The lowest BCUT2D eigenvalue weighted by Gasteiger charge is -2.26. The molecule has 164 valence electrons. The van der Waals surface area contributed by atoms with E-state index in [2.05, 4.69) is 59.6 Å². The van der Waals surface area contributed by atoms with Crippen molar-refractivity contribution in [3.63, 3.8) is 0 Å². The summed E-state index contributed by atoms with van der Waals surface area (Å²) in [7, 11) is 2.03. The zero-order chi connectivity index (χ0) is 21.7. The van der Waals surface area contributed by atoms with Crippen molar-refractivity contribution in [2.24, 2.45) is 0 Å². The van der Waals surface area contributed by atoms with Gasteiger partial charge in [0.15, 0.2) is 5.75 Å². The van der Waals surface area contributed by atoms with E-state index in [9.17, 15) is 0 Å². The van der Waals surface area contributed by atoms with Crippen LogP contribution in [0.1, 0.15) is 32.1 Å². The van der Waals surface area contributed by atoms with E-state index in [0.29, 0.717) is 24.1 Å². The molecule has 6 rings (SSSR count). The molecule has 4 heterocycles. The molecule has 0 spiro atoms. The van der Waals surface area contributed by atoms with E-state index in [1.54, 1.807) is 4.52 Å². The van der Waals surface area contributed by atoms with Crippen molar-refractivity contribution < 1.29 is 4.74 Å². The molecule has 3 aromatic heterocycles. The molecule has 0 radical (unpaired) electrons. The number of nitrogens with zero attached hydrogens (tertiary/aromatic N) is 6. The van der Waals surface area contributed by atoms with Gasteiger partial charge in [-0.3, -0.25) is 0 Å². The Labute approximate surface area is 194 Å². The topological polar surface area (TPSA) is 80.5 Å². The fourth-order valence-electron chi connectivity index (χ4n) is 4.68. The maximum absolute atomic E-state index is 5.90. The lowest BCUT2D eigenvalue weighted by Crippen LogP contribution is -2.29. The van der Waals surface area contributed by atoms with E-state index in [1.807, 2.05) is 19.3 Å². The normalized spacial score (nSPS) is 16.9. The average molecular weight is 494 g/mol. The van der Waals surface area contributed by atoms with E-state index < -0.39 is 0 Å². The summed E-state index contributed by atoms with van der Waals surface area (Å²) in [4.78, 5) is 7.13. The zero-order valence-corrected chi connectivity index (χ0v) is 19.5. The Morgan fingerprint density at radius 1 is 1.09 bits per heavy atom. The van der Waals surface area contributed by atoms with Crippen molar-refractivity contribution in [3.05, 3.63) is 34.9 Å². The molecule has 32 heavy (non-hydrogen) atoms. The minimum Gasteiger partial charge on any atom is -0.486 e. The first-order valence-corrected chi connectivity index (χ1v) is 11.9. The number of rotatable bonds is 3. The first-order valence-electron chi connectivity index (χ1n) is 11.1. The highest BCUT2D eigenvalue weighted by molar-refractivity contribution is 9.10. The molecule has 0 atom stereocenters. The second-order valence-electron chi connectivity index (χ2n) is 8.55. The van der Waals surface area contributed by atoms with Crippen molar-refractivity contribution in [2.75, 3.05) is 30.4 Å². The SMILES string of the molecule is CN1CCOc2c1cnn1c(-c3ccc4c(Br)ccc(NC5CCCCC5)c4n3)nnc21. The molecule has 1 aromatic carbocycles. The van der Waals surface area contributed by atoms with Crippen LogP contribution in [0.5, 0.6) is 5.75 Å². The van der Waals surface area contributed by atoms with Gasteiger partial charge in [0.05, 0.1) is 23.9 Å². The highest BCUT2D eigenvalue weighted by atomic mass is 79.9. The Morgan fingerprint density at radius 3 is 2.84 bits per heavy atom. The number of nitrogens with one attached hydrogen (secondary N) is 1. The molecule has 8 nitrogen and oxygen atoms in total. The maximum Gasteiger partial charge on any atom is 0.222 e. The van der Waals surface area contributed by atoms with Gasteiger partial charge in [-0.15, -0.1) is 10.2 Å². The van der Waals surface area contributed by atoms with E-state index in [-0.39, 0.29) is 0 Å². The second kappa shape index (κ2) is 7.88. The standard InChI is InChI=1S/C23H24BrN7O/c1-30-11-12-32-21-19(30)13-25-31-22(28-29-23(21)31)18-9-7-15-16(24)8-10-17(20(15)27-18)26-14-5-3-2-4-6-14/h7-10,13-14,26H,2-6,11-12H2,1H3.